The predicted octanol–water partition coefficient (Wildman–Crippen LogP) is 0.934. The van der Waals surface area contributed by atoms with Crippen molar-refractivity contribution in [2.45, 2.75) is 33.7 Å². The van der Waals surface area contributed by atoms with E-state index >= 15 is 0 Å². The van der Waals surface area contributed by atoms with E-state index in [9.17, 15) is 9.59 Å². The Balaban J connectivity index is 2.54. The number of hydrogen-bond donors (Lipinski definition) is 1. The van der Waals surface area contributed by atoms with Crippen LogP contribution in [0.15, 0.2) is 17.2 Å². The highest BCUT2D eigenvalue weighted by Crippen LogP contribution is 1.97. The molecule has 6 heteroatoms. The molecule has 0 saturated carbocycles. The van der Waals surface area contributed by atoms with Gasteiger partial charge in [-0.3, -0.25) is 9.59 Å². The molecule has 1 heterocycles. The van der Waals surface area contributed by atoms with Gasteiger partial charge in [0.15, 0.2) is 5.82 Å². The van der Waals surface area contributed by atoms with E-state index in [1.807, 2.05) is 20.8 Å². The maximum atomic E-state index is 11.9. The molecule has 0 unspecified atom stereocenters. The molecule has 0 bridgehead atoms. The number of carbonyl (C=O) groups is 1. The largest absolute Gasteiger partial charge is 0.365 e. The summed E-state index contributed by atoms with van der Waals surface area (Å²) in [6.07, 6.45) is 3.60. The van der Waals surface area contributed by atoms with Crippen LogP contribution in [0.1, 0.15) is 27.2 Å². The first-order chi connectivity index (χ1) is 9.13. The van der Waals surface area contributed by atoms with Crippen molar-refractivity contribution in [3.8, 4) is 0 Å². The molecule has 0 aliphatic carbocycles. The average Bonchev–Trinajstić information content (AvgIpc) is 2.42. The normalized spacial score (nSPS) is 10.3. The van der Waals surface area contributed by atoms with Gasteiger partial charge in [-0.25, -0.2) is 4.98 Å². The van der Waals surface area contributed by atoms with E-state index in [2.05, 4.69) is 10.3 Å². The lowest BCUT2D eigenvalue weighted by molar-refractivity contribution is -0.130. The van der Waals surface area contributed by atoms with E-state index in [-0.39, 0.29) is 11.5 Å². The van der Waals surface area contributed by atoms with Crippen molar-refractivity contribution in [1.29, 1.82) is 0 Å². The molecular formula is C13H22N4O2. The van der Waals surface area contributed by atoms with Gasteiger partial charge in [0.2, 0.25) is 5.91 Å². The lowest BCUT2D eigenvalue weighted by atomic mass is 10.3. The Kier molecular flexibility index (Phi) is 6.05. The van der Waals surface area contributed by atoms with E-state index in [1.165, 1.54) is 0 Å². The Morgan fingerprint density at radius 2 is 2.05 bits per heavy atom. The molecule has 1 rings (SSSR count). The molecule has 19 heavy (non-hydrogen) atoms. The first kappa shape index (κ1) is 15.2. The highest BCUT2D eigenvalue weighted by Gasteiger charge is 2.09. The summed E-state index contributed by atoms with van der Waals surface area (Å²) in [5, 5.41) is 2.93. The van der Waals surface area contributed by atoms with Crippen molar-refractivity contribution in [3.63, 3.8) is 0 Å². The molecule has 1 N–H and O–H groups in total. The van der Waals surface area contributed by atoms with Crippen LogP contribution in [-0.4, -0.2) is 40.0 Å². The molecule has 106 valence electrons. The van der Waals surface area contributed by atoms with E-state index in [1.54, 1.807) is 21.9 Å². The predicted molar refractivity (Wildman–Crippen MR) is 75.2 cm³/mol. The second-order valence-corrected chi connectivity index (χ2v) is 4.11. The molecule has 0 atom stereocenters. The Hall–Kier alpha value is -1.85. The number of carbonyl (C=O) groups excluding carboxylic acids is 1. The summed E-state index contributed by atoms with van der Waals surface area (Å²) in [7, 11) is 0. The minimum atomic E-state index is -0.153. The van der Waals surface area contributed by atoms with Crippen molar-refractivity contribution in [2.75, 3.05) is 25.0 Å². The van der Waals surface area contributed by atoms with Crippen LogP contribution in [0.4, 0.5) is 5.82 Å². The lowest BCUT2D eigenvalue weighted by Crippen LogP contribution is -2.32. The smallest absolute Gasteiger partial charge is 0.293 e. The molecule has 0 aliphatic rings. The van der Waals surface area contributed by atoms with Crippen LogP contribution in [0.2, 0.25) is 0 Å². The van der Waals surface area contributed by atoms with Crippen molar-refractivity contribution in [3.05, 3.63) is 22.7 Å². The van der Waals surface area contributed by atoms with E-state index in [0.29, 0.717) is 38.4 Å². The second kappa shape index (κ2) is 7.56. The van der Waals surface area contributed by atoms with Gasteiger partial charge in [-0.2, -0.15) is 0 Å². The third-order valence-corrected chi connectivity index (χ3v) is 3.00. The van der Waals surface area contributed by atoms with E-state index < -0.39 is 0 Å². The molecule has 0 radical (unpaired) electrons. The molecule has 0 aliphatic heterocycles. The average molecular weight is 266 g/mol. The Labute approximate surface area is 113 Å². The summed E-state index contributed by atoms with van der Waals surface area (Å²) in [4.78, 5) is 29.4. The fourth-order valence-electron chi connectivity index (χ4n) is 1.84. The monoisotopic (exact) mass is 266 g/mol. The van der Waals surface area contributed by atoms with Crippen LogP contribution in [0.25, 0.3) is 0 Å². The lowest BCUT2D eigenvalue weighted by Gasteiger charge is -2.18. The van der Waals surface area contributed by atoms with Gasteiger partial charge in [0.05, 0.1) is 0 Å². The summed E-state index contributed by atoms with van der Waals surface area (Å²) >= 11 is 0. The molecule has 1 aromatic heterocycles. The quantitative estimate of drug-likeness (QED) is 0.797. The van der Waals surface area contributed by atoms with Crippen molar-refractivity contribution in [1.82, 2.24) is 14.5 Å². The number of rotatable bonds is 7. The third kappa shape index (κ3) is 4.08. The van der Waals surface area contributed by atoms with Gasteiger partial charge in [-0.1, -0.05) is 0 Å². The zero-order valence-corrected chi connectivity index (χ0v) is 11.8. The van der Waals surface area contributed by atoms with Crippen molar-refractivity contribution in [2.24, 2.45) is 0 Å². The first-order valence-electron chi connectivity index (χ1n) is 6.71. The third-order valence-electron chi connectivity index (χ3n) is 3.00. The molecule has 1 aromatic rings. The number of amides is 1. The minimum Gasteiger partial charge on any atom is -0.365 e. The molecule has 0 spiro atoms. The number of nitrogens with one attached hydrogen (secondary N) is 1. The van der Waals surface area contributed by atoms with Crippen LogP contribution in [0, 0.1) is 0 Å². The minimum absolute atomic E-state index is 0.0873. The van der Waals surface area contributed by atoms with E-state index in [4.69, 9.17) is 0 Å². The maximum Gasteiger partial charge on any atom is 0.293 e. The Morgan fingerprint density at radius 1 is 1.37 bits per heavy atom. The zero-order valence-electron chi connectivity index (χ0n) is 11.8. The number of anilines is 1. The maximum absolute atomic E-state index is 11.9. The number of aromatic nitrogens is 2. The number of aryl methyl sites for hydroxylation is 1. The van der Waals surface area contributed by atoms with Gasteiger partial charge >= 0.3 is 0 Å². The number of hydrogen-bond acceptors (Lipinski definition) is 4. The van der Waals surface area contributed by atoms with Crippen LogP contribution in [0.5, 0.6) is 0 Å². The van der Waals surface area contributed by atoms with Gasteiger partial charge in [-0.15, -0.1) is 0 Å². The second-order valence-electron chi connectivity index (χ2n) is 4.11. The summed E-state index contributed by atoms with van der Waals surface area (Å²) < 4.78 is 1.57. The fraction of sp³-hybridized carbons (Fsp3) is 0.615. The van der Waals surface area contributed by atoms with Gasteiger partial charge < -0.3 is 14.8 Å². The van der Waals surface area contributed by atoms with Gasteiger partial charge in [0, 0.05) is 45.0 Å². The van der Waals surface area contributed by atoms with E-state index in [0.717, 1.165) is 0 Å². The Bertz CT molecular complexity index is 466. The Morgan fingerprint density at radius 3 is 2.63 bits per heavy atom. The van der Waals surface area contributed by atoms with Crippen LogP contribution >= 0.6 is 0 Å². The standard InChI is InChI=1S/C13H22N4O2/c1-4-16(5-2)11(18)7-8-14-12-13(19)17(6-3)10-9-15-12/h9-10H,4-8H2,1-3H3,(H,14,15). The van der Waals surface area contributed by atoms with Gasteiger partial charge in [0.25, 0.3) is 5.56 Å². The highest BCUT2D eigenvalue weighted by molar-refractivity contribution is 5.76. The molecule has 1 amide bonds. The topological polar surface area (TPSA) is 67.2 Å². The first-order valence-corrected chi connectivity index (χ1v) is 6.71. The molecule has 0 aromatic carbocycles. The summed E-state index contributed by atoms with van der Waals surface area (Å²) in [5.41, 5.74) is -0.153. The summed E-state index contributed by atoms with van der Waals surface area (Å²) in [6, 6.07) is 0. The molecule has 6 nitrogen and oxygen atoms in total. The fourth-order valence-corrected chi connectivity index (χ4v) is 1.84. The summed E-state index contributed by atoms with van der Waals surface area (Å²) in [5.74, 6) is 0.390. The SMILES string of the molecule is CCN(CC)C(=O)CCNc1nccn(CC)c1=O. The molecular weight excluding hydrogens is 244 g/mol. The summed E-state index contributed by atoms with van der Waals surface area (Å²) in [6.45, 7) is 8.25. The highest BCUT2D eigenvalue weighted by atomic mass is 16.2. The van der Waals surface area contributed by atoms with Crippen LogP contribution in [0.3, 0.4) is 0 Å². The van der Waals surface area contributed by atoms with Crippen molar-refractivity contribution < 1.29 is 4.79 Å². The van der Waals surface area contributed by atoms with Crippen LogP contribution < -0.4 is 10.9 Å². The van der Waals surface area contributed by atoms with Crippen LogP contribution in [-0.2, 0) is 11.3 Å². The molecule has 0 saturated heterocycles. The van der Waals surface area contributed by atoms with Gasteiger partial charge in [0.1, 0.15) is 0 Å². The number of nitrogens with zero attached hydrogens (tertiary/aromatic N) is 3. The van der Waals surface area contributed by atoms with Crippen molar-refractivity contribution >= 4 is 11.7 Å². The molecule has 0 fully saturated rings. The van der Waals surface area contributed by atoms with Gasteiger partial charge in [-0.05, 0) is 20.8 Å². The zero-order chi connectivity index (χ0) is 14.3.